The summed E-state index contributed by atoms with van der Waals surface area (Å²) in [6.45, 7) is 1.01. The van der Waals surface area contributed by atoms with Crippen LogP contribution < -0.4 is 5.32 Å². The van der Waals surface area contributed by atoms with Crippen molar-refractivity contribution in [2.24, 2.45) is 5.41 Å². The number of carboxylic acid groups (broad SMARTS) is 1. The van der Waals surface area contributed by atoms with Gasteiger partial charge in [-0.2, -0.15) is 4.31 Å². The van der Waals surface area contributed by atoms with Gasteiger partial charge in [0.2, 0.25) is 15.9 Å². The Morgan fingerprint density at radius 3 is 2.36 bits per heavy atom. The van der Waals surface area contributed by atoms with E-state index >= 15 is 0 Å². The standard InChI is InChI=1S/C17H22N2O5S/c20-15(17(8-9-17)16(21)22)18-12-13-6-2-3-7-14(13)25(23,24)19-10-4-1-5-11-19/h2-3,6-7H,1,4-5,8-12H2,(H,18,20)(H,21,22). The van der Waals surface area contributed by atoms with Crippen LogP contribution in [0.4, 0.5) is 0 Å². The van der Waals surface area contributed by atoms with Crippen molar-refractivity contribution >= 4 is 21.9 Å². The third-order valence-corrected chi connectivity index (χ3v) is 6.94. The van der Waals surface area contributed by atoms with E-state index in [4.69, 9.17) is 5.11 Å². The maximum absolute atomic E-state index is 12.9. The van der Waals surface area contributed by atoms with Gasteiger partial charge in [-0.15, -0.1) is 0 Å². The highest BCUT2D eigenvalue weighted by Crippen LogP contribution is 2.46. The fourth-order valence-electron chi connectivity index (χ4n) is 3.15. The van der Waals surface area contributed by atoms with Crippen LogP contribution in [-0.4, -0.2) is 42.8 Å². The number of aliphatic carboxylic acids is 1. The first-order chi connectivity index (χ1) is 11.9. The number of sulfonamides is 1. The monoisotopic (exact) mass is 366 g/mol. The highest BCUT2D eigenvalue weighted by molar-refractivity contribution is 7.89. The van der Waals surface area contributed by atoms with E-state index in [1.54, 1.807) is 18.2 Å². The molecule has 1 aromatic carbocycles. The van der Waals surface area contributed by atoms with E-state index in [0.29, 0.717) is 31.5 Å². The van der Waals surface area contributed by atoms with Gasteiger partial charge in [0, 0.05) is 19.6 Å². The Morgan fingerprint density at radius 1 is 1.12 bits per heavy atom. The summed E-state index contributed by atoms with van der Waals surface area (Å²) < 4.78 is 27.3. The molecule has 0 radical (unpaired) electrons. The average molecular weight is 366 g/mol. The van der Waals surface area contributed by atoms with E-state index in [9.17, 15) is 18.0 Å². The number of benzene rings is 1. The summed E-state index contributed by atoms with van der Waals surface area (Å²) in [6, 6.07) is 6.55. The molecule has 25 heavy (non-hydrogen) atoms. The van der Waals surface area contributed by atoms with Gasteiger partial charge in [-0.25, -0.2) is 8.42 Å². The van der Waals surface area contributed by atoms with Crippen molar-refractivity contribution in [2.45, 2.75) is 43.5 Å². The highest BCUT2D eigenvalue weighted by atomic mass is 32.2. The Hall–Kier alpha value is -1.93. The maximum Gasteiger partial charge on any atom is 0.319 e. The zero-order valence-corrected chi connectivity index (χ0v) is 14.7. The van der Waals surface area contributed by atoms with Crippen molar-refractivity contribution in [1.82, 2.24) is 9.62 Å². The molecule has 7 nitrogen and oxygen atoms in total. The van der Waals surface area contributed by atoms with Crippen LogP contribution in [0.5, 0.6) is 0 Å². The molecule has 2 aliphatic rings. The first-order valence-electron chi connectivity index (χ1n) is 8.48. The molecule has 8 heteroatoms. The predicted molar refractivity (Wildman–Crippen MR) is 90.2 cm³/mol. The number of carbonyl (C=O) groups is 2. The minimum absolute atomic E-state index is 0.00287. The second-order valence-corrected chi connectivity index (χ2v) is 8.55. The third kappa shape index (κ3) is 3.41. The summed E-state index contributed by atoms with van der Waals surface area (Å²) >= 11 is 0. The van der Waals surface area contributed by atoms with Crippen molar-refractivity contribution in [3.8, 4) is 0 Å². The van der Waals surface area contributed by atoms with Gasteiger partial charge in [0.1, 0.15) is 5.41 Å². The number of amides is 1. The molecule has 1 saturated heterocycles. The van der Waals surface area contributed by atoms with Crippen LogP contribution in [0.1, 0.15) is 37.7 Å². The average Bonchev–Trinajstić information content (AvgIpc) is 3.43. The zero-order chi connectivity index (χ0) is 18.1. The number of piperidine rings is 1. The summed E-state index contributed by atoms with van der Waals surface area (Å²) in [7, 11) is -3.61. The molecule has 0 spiro atoms. The van der Waals surface area contributed by atoms with Crippen LogP contribution in [0.25, 0.3) is 0 Å². The van der Waals surface area contributed by atoms with E-state index in [0.717, 1.165) is 19.3 Å². The molecule has 1 saturated carbocycles. The van der Waals surface area contributed by atoms with Gasteiger partial charge in [0.05, 0.1) is 4.90 Å². The minimum atomic E-state index is -3.61. The van der Waals surface area contributed by atoms with Crippen LogP contribution in [0, 0.1) is 5.41 Å². The van der Waals surface area contributed by atoms with Crippen LogP contribution >= 0.6 is 0 Å². The maximum atomic E-state index is 12.9. The lowest BCUT2D eigenvalue weighted by molar-refractivity contribution is -0.149. The molecule has 0 unspecified atom stereocenters. The summed E-state index contributed by atoms with van der Waals surface area (Å²) in [5.74, 6) is -1.68. The number of hydrogen-bond acceptors (Lipinski definition) is 4. The highest BCUT2D eigenvalue weighted by Gasteiger charge is 2.57. The lowest BCUT2D eigenvalue weighted by Gasteiger charge is -2.27. The molecule has 2 N–H and O–H groups in total. The normalized spacial score (nSPS) is 20.0. The molecule has 2 fully saturated rings. The summed E-state index contributed by atoms with van der Waals surface area (Å²) in [6.07, 6.45) is 3.36. The van der Waals surface area contributed by atoms with Crippen molar-refractivity contribution in [1.29, 1.82) is 0 Å². The third-order valence-electron chi connectivity index (χ3n) is 4.94. The first kappa shape index (κ1) is 17.9. The van der Waals surface area contributed by atoms with E-state index in [1.807, 2.05) is 0 Å². The second-order valence-electron chi connectivity index (χ2n) is 6.64. The molecular formula is C17H22N2O5S. The number of carbonyl (C=O) groups excluding carboxylic acids is 1. The molecule has 1 aliphatic heterocycles. The molecule has 3 rings (SSSR count). The molecule has 1 aromatic rings. The SMILES string of the molecule is O=C(O)C1(C(=O)NCc2ccccc2S(=O)(=O)N2CCCCC2)CC1. The van der Waals surface area contributed by atoms with E-state index in [2.05, 4.69) is 5.32 Å². The smallest absolute Gasteiger partial charge is 0.319 e. The topological polar surface area (TPSA) is 104 Å². The summed E-state index contributed by atoms with van der Waals surface area (Å²) in [5, 5.41) is 11.8. The van der Waals surface area contributed by atoms with Crippen LogP contribution in [-0.2, 0) is 26.2 Å². The van der Waals surface area contributed by atoms with Gasteiger partial charge >= 0.3 is 5.97 Å². The molecule has 136 valence electrons. The fourth-order valence-corrected chi connectivity index (χ4v) is 4.89. The van der Waals surface area contributed by atoms with Crippen molar-refractivity contribution in [3.05, 3.63) is 29.8 Å². The molecule has 0 atom stereocenters. The van der Waals surface area contributed by atoms with Gasteiger partial charge in [-0.3, -0.25) is 9.59 Å². The fraction of sp³-hybridized carbons (Fsp3) is 0.529. The van der Waals surface area contributed by atoms with E-state index < -0.39 is 27.3 Å². The number of nitrogens with zero attached hydrogens (tertiary/aromatic N) is 1. The van der Waals surface area contributed by atoms with Crippen LogP contribution in [0.3, 0.4) is 0 Å². The molecule has 1 aliphatic carbocycles. The summed E-state index contributed by atoms with van der Waals surface area (Å²) in [5.41, 5.74) is -0.858. The van der Waals surface area contributed by atoms with Gasteiger partial charge in [0.25, 0.3) is 0 Å². The number of hydrogen-bond donors (Lipinski definition) is 2. The van der Waals surface area contributed by atoms with Gasteiger partial charge in [-0.1, -0.05) is 24.6 Å². The van der Waals surface area contributed by atoms with Gasteiger partial charge < -0.3 is 10.4 Å². The Kier molecular flexibility index (Phi) is 4.83. The van der Waals surface area contributed by atoms with Crippen molar-refractivity contribution < 1.29 is 23.1 Å². The second kappa shape index (κ2) is 6.76. The van der Waals surface area contributed by atoms with Crippen LogP contribution in [0.15, 0.2) is 29.2 Å². The van der Waals surface area contributed by atoms with E-state index in [-0.39, 0.29) is 11.4 Å². The molecule has 0 bridgehead atoms. The lowest BCUT2D eigenvalue weighted by atomic mass is 10.1. The molecular weight excluding hydrogens is 344 g/mol. The number of carboxylic acids is 1. The lowest BCUT2D eigenvalue weighted by Crippen LogP contribution is -2.38. The van der Waals surface area contributed by atoms with Gasteiger partial charge in [-0.05, 0) is 37.3 Å². The Bertz CT molecular complexity index is 780. The first-order valence-corrected chi connectivity index (χ1v) is 9.92. The predicted octanol–water partition coefficient (Wildman–Crippen LogP) is 1.34. The number of rotatable bonds is 6. The van der Waals surface area contributed by atoms with Gasteiger partial charge in [0.15, 0.2) is 0 Å². The minimum Gasteiger partial charge on any atom is -0.480 e. The van der Waals surface area contributed by atoms with E-state index in [1.165, 1.54) is 10.4 Å². The Labute approximate surface area is 147 Å². The Morgan fingerprint density at radius 2 is 1.76 bits per heavy atom. The zero-order valence-electron chi connectivity index (χ0n) is 13.9. The molecule has 0 aromatic heterocycles. The largest absolute Gasteiger partial charge is 0.480 e. The molecule has 1 heterocycles. The quantitative estimate of drug-likeness (QED) is 0.740. The van der Waals surface area contributed by atoms with Crippen molar-refractivity contribution in [2.75, 3.05) is 13.1 Å². The number of nitrogens with one attached hydrogen (secondary N) is 1. The molecule has 1 amide bonds. The van der Waals surface area contributed by atoms with Crippen LogP contribution in [0.2, 0.25) is 0 Å². The van der Waals surface area contributed by atoms with Crippen molar-refractivity contribution in [3.63, 3.8) is 0 Å². The Balaban J connectivity index is 1.77. The summed E-state index contributed by atoms with van der Waals surface area (Å²) in [4.78, 5) is 23.5.